The molecule has 1 spiro atoms. The first-order valence-electron chi connectivity index (χ1n) is 9.53. The fourth-order valence-electron chi connectivity index (χ4n) is 3.96. The van der Waals surface area contributed by atoms with Crippen molar-refractivity contribution < 1.29 is 9.53 Å². The molecule has 1 N–H and O–H groups in total. The third-order valence-electron chi connectivity index (χ3n) is 5.61. The third kappa shape index (κ3) is 4.03. The first kappa shape index (κ1) is 18.1. The molecule has 9 heteroatoms. The largest absolute Gasteiger partial charge is 0.371 e. The molecule has 0 unspecified atom stereocenters. The lowest BCUT2D eigenvalue weighted by molar-refractivity contribution is -0.160. The van der Waals surface area contributed by atoms with Gasteiger partial charge in [0.05, 0.1) is 18.8 Å². The van der Waals surface area contributed by atoms with Gasteiger partial charge in [0, 0.05) is 38.6 Å². The van der Waals surface area contributed by atoms with E-state index in [1.165, 1.54) is 0 Å². The maximum atomic E-state index is 12.7. The number of hydrogen-bond acceptors (Lipinski definition) is 6. The average Bonchev–Trinajstić information content (AvgIpc) is 3.25. The summed E-state index contributed by atoms with van der Waals surface area (Å²) in [6, 6.07) is 0. The number of nitrogens with zero attached hydrogens (tertiary/aromatic N) is 6. The van der Waals surface area contributed by atoms with Crippen LogP contribution in [0.5, 0.6) is 0 Å². The van der Waals surface area contributed by atoms with E-state index in [2.05, 4.69) is 25.1 Å². The van der Waals surface area contributed by atoms with Crippen molar-refractivity contribution in [1.29, 1.82) is 0 Å². The van der Waals surface area contributed by atoms with E-state index in [4.69, 9.17) is 4.74 Å². The monoisotopic (exact) mass is 373 g/mol. The van der Waals surface area contributed by atoms with Gasteiger partial charge in [-0.15, -0.1) is 0 Å². The van der Waals surface area contributed by atoms with E-state index in [-0.39, 0.29) is 11.5 Å². The number of likely N-dealkylation sites (tertiary alicyclic amines) is 1. The number of piperidine rings is 1. The highest BCUT2D eigenvalue weighted by Crippen LogP contribution is 2.30. The molecule has 0 atom stereocenters. The van der Waals surface area contributed by atoms with Crippen LogP contribution >= 0.6 is 0 Å². The smallest absolute Gasteiger partial charge is 0.242 e. The minimum Gasteiger partial charge on any atom is -0.371 e. The number of rotatable bonds is 4. The standard InChI is InChI=1S/C18H27N7O2/c1-14-20-16(22-21-14)11-23-6-3-18(4-7-23)13-25(9-10-27-18)17(26)12-24-8-5-19-15(24)2/h5,8H,3-4,6-7,9-13H2,1-2H3,(H,20,21,22). The van der Waals surface area contributed by atoms with Crippen molar-refractivity contribution in [3.8, 4) is 0 Å². The molecule has 0 saturated carbocycles. The molecule has 2 saturated heterocycles. The number of ether oxygens (including phenoxy) is 1. The number of morpholine rings is 1. The molecule has 2 aromatic heterocycles. The zero-order valence-corrected chi connectivity index (χ0v) is 16.0. The lowest BCUT2D eigenvalue weighted by Crippen LogP contribution is -2.58. The van der Waals surface area contributed by atoms with Crippen LogP contribution in [0.4, 0.5) is 0 Å². The van der Waals surface area contributed by atoms with Crippen molar-refractivity contribution >= 4 is 5.91 Å². The van der Waals surface area contributed by atoms with Gasteiger partial charge in [-0.05, 0) is 26.7 Å². The van der Waals surface area contributed by atoms with Gasteiger partial charge in [-0.2, -0.15) is 5.10 Å². The summed E-state index contributed by atoms with van der Waals surface area (Å²) in [6.45, 7) is 8.72. The molecule has 4 rings (SSSR count). The van der Waals surface area contributed by atoms with E-state index in [1.807, 2.05) is 29.5 Å². The Bertz CT molecular complexity index is 791. The van der Waals surface area contributed by atoms with Gasteiger partial charge in [0.2, 0.25) is 5.91 Å². The van der Waals surface area contributed by atoms with E-state index < -0.39 is 0 Å². The highest BCUT2D eigenvalue weighted by Gasteiger charge is 2.41. The lowest BCUT2D eigenvalue weighted by atomic mass is 9.89. The Morgan fingerprint density at radius 2 is 2.11 bits per heavy atom. The molecule has 1 amide bonds. The Hall–Kier alpha value is -2.26. The van der Waals surface area contributed by atoms with Crippen molar-refractivity contribution in [1.82, 2.24) is 34.5 Å². The van der Waals surface area contributed by atoms with Crippen molar-refractivity contribution in [2.75, 3.05) is 32.8 Å². The Morgan fingerprint density at radius 3 is 2.78 bits per heavy atom. The summed E-state index contributed by atoms with van der Waals surface area (Å²) in [5, 5.41) is 7.11. The minimum absolute atomic E-state index is 0.136. The summed E-state index contributed by atoms with van der Waals surface area (Å²) in [4.78, 5) is 25.6. The van der Waals surface area contributed by atoms with E-state index in [9.17, 15) is 4.79 Å². The number of aryl methyl sites for hydroxylation is 2. The SMILES string of the molecule is Cc1nc(CN2CCC3(CC2)CN(C(=O)Cn2ccnc2C)CCO3)n[nH]1. The highest BCUT2D eigenvalue weighted by atomic mass is 16.5. The van der Waals surface area contributed by atoms with Crippen molar-refractivity contribution in [3.63, 3.8) is 0 Å². The van der Waals surface area contributed by atoms with Crippen molar-refractivity contribution in [2.24, 2.45) is 0 Å². The van der Waals surface area contributed by atoms with E-state index >= 15 is 0 Å². The van der Waals surface area contributed by atoms with Crippen molar-refractivity contribution in [2.45, 2.75) is 45.4 Å². The minimum atomic E-state index is -0.219. The van der Waals surface area contributed by atoms with Crippen LogP contribution < -0.4 is 0 Å². The molecule has 4 heterocycles. The fourth-order valence-corrected chi connectivity index (χ4v) is 3.96. The summed E-state index contributed by atoms with van der Waals surface area (Å²) in [6.07, 6.45) is 5.43. The Labute approximate surface area is 158 Å². The second-order valence-electron chi connectivity index (χ2n) is 7.56. The second-order valence-corrected chi connectivity index (χ2v) is 7.56. The van der Waals surface area contributed by atoms with Crippen LogP contribution in [-0.4, -0.2) is 78.8 Å². The summed E-state index contributed by atoms with van der Waals surface area (Å²) in [7, 11) is 0. The van der Waals surface area contributed by atoms with Crippen molar-refractivity contribution in [3.05, 3.63) is 29.9 Å². The predicted octanol–water partition coefficient (Wildman–Crippen LogP) is 0.512. The van der Waals surface area contributed by atoms with Crippen LogP contribution in [0.2, 0.25) is 0 Å². The first-order chi connectivity index (χ1) is 13.0. The van der Waals surface area contributed by atoms with Crippen LogP contribution in [0.25, 0.3) is 0 Å². The molecule has 0 aromatic carbocycles. The topological polar surface area (TPSA) is 92.2 Å². The number of nitrogens with one attached hydrogen (secondary N) is 1. The molecule has 2 aromatic rings. The molecule has 27 heavy (non-hydrogen) atoms. The Balaban J connectivity index is 1.32. The quantitative estimate of drug-likeness (QED) is 0.840. The number of aromatic amines is 1. The maximum absolute atomic E-state index is 12.7. The number of amides is 1. The maximum Gasteiger partial charge on any atom is 0.242 e. The van der Waals surface area contributed by atoms with Gasteiger partial charge in [0.1, 0.15) is 18.2 Å². The molecule has 2 fully saturated rings. The normalized spacial score (nSPS) is 20.3. The molecule has 2 aliphatic rings. The van der Waals surface area contributed by atoms with Gasteiger partial charge < -0.3 is 14.2 Å². The van der Waals surface area contributed by atoms with Gasteiger partial charge in [0.25, 0.3) is 0 Å². The summed E-state index contributed by atoms with van der Waals surface area (Å²) < 4.78 is 8.07. The summed E-state index contributed by atoms with van der Waals surface area (Å²) in [5.74, 6) is 2.68. The van der Waals surface area contributed by atoms with Crippen LogP contribution in [0, 0.1) is 13.8 Å². The molecule has 2 aliphatic heterocycles. The second kappa shape index (κ2) is 7.40. The number of aromatic nitrogens is 5. The van der Waals surface area contributed by atoms with Gasteiger partial charge >= 0.3 is 0 Å². The van der Waals surface area contributed by atoms with Crippen LogP contribution in [-0.2, 0) is 22.6 Å². The predicted molar refractivity (Wildman–Crippen MR) is 97.9 cm³/mol. The average molecular weight is 373 g/mol. The zero-order chi connectivity index (χ0) is 18.9. The molecule has 0 bridgehead atoms. The summed E-state index contributed by atoms with van der Waals surface area (Å²) in [5.41, 5.74) is -0.219. The zero-order valence-electron chi connectivity index (χ0n) is 16.0. The fraction of sp³-hybridized carbons (Fsp3) is 0.667. The molecule has 9 nitrogen and oxygen atoms in total. The molecular formula is C18H27N7O2. The molecule has 0 aliphatic carbocycles. The van der Waals surface area contributed by atoms with Crippen LogP contribution in [0.3, 0.4) is 0 Å². The van der Waals surface area contributed by atoms with Gasteiger partial charge in [-0.3, -0.25) is 14.8 Å². The van der Waals surface area contributed by atoms with Crippen LogP contribution in [0.15, 0.2) is 12.4 Å². The molecule has 146 valence electrons. The lowest BCUT2D eigenvalue weighted by Gasteiger charge is -2.47. The van der Waals surface area contributed by atoms with Gasteiger partial charge in [-0.25, -0.2) is 9.97 Å². The van der Waals surface area contributed by atoms with Crippen LogP contribution in [0.1, 0.15) is 30.3 Å². The number of H-pyrrole nitrogens is 1. The number of carbonyl (C=O) groups is 1. The molecule has 0 radical (unpaired) electrons. The Kier molecular flexibility index (Phi) is 4.96. The summed E-state index contributed by atoms with van der Waals surface area (Å²) >= 11 is 0. The molecular weight excluding hydrogens is 346 g/mol. The van der Waals surface area contributed by atoms with E-state index in [0.29, 0.717) is 26.2 Å². The number of carbonyl (C=O) groups excluding carboxylic acids is 1. The first-order valence-corrected chi connectivity index (χ1v) is 9.53. The van der Waals surface area contributed by atoms with E-state index in [1.54, 1.807) is 6.20 Å². The number of hydrogen-bond donors (Lipinski definition) is 1. The Morgan fingerprint density at radius 1 is 1.30 bits per heavy atom. The highest BCUT2D eigenvalue weighted by molar-refractivity contribution is 5.76. The number of imidazole rings is 1. The third-order valence-corrected chi connectivity index (χ3v) is 5.61. The van der Waals surface area contributed by atoms with Gasteiger partial charge in [-0.1, -0.05) is 0 Å². The van der Waals surface area contributed by atoms with E-state index in [0.717, 1.165) is 49.9 Å². The van der Waals surface area contributed by atoms with Gasteiger partial charge in [0.15, 0.2) is 5.82 Å².